The standard InChI is InChI=1S/C13H21B10FN2O3/c1-13(2,3)29-12(28)26-7-9(24)4-10(26)11(27)25-6-8-5-19(8)23(21(16)17)22(18)20(14)15/h8-10H,4-7H2,1-3H3,(H,25,27)/t8?,9-,10+/m1/s1. The molecule has 2 rings (SSSR count). The summed E-state index contributed by atoms with van der Waals surface area (Å²) in [6.45, 7) is 5.44. The molecule has 16 heteroatoms. The summed E-state index contributed by atoms with van der Waals surface area (Å²) in [5.74, 6) is -0.281. The van der Waals surface area contributed by atoms with Crippen molar-refractivity contribution in [1.82, 2.24) is 10.2 Å². The number of hydrogen-bond acceptors (Lipinski definition) is 3. The maximum absolute atomic E-state index is 13.9. The Morgan fingerprint density at radius 3 is 2.34 bits per heavy atom. The predicted molar refractivity (Wildman–Crippen MR) is 125 cm³/mol. The molecule has 1 N–H and O–H groups in total. The van der Waals surface area contributed by atoms with E-state index in [-0.39, 0.29) is 31.8 Å². The van der Waals surface area contributed by atoms with Crippen molar-refractivity contribution in [3.8, 4) is 0 Å². The summed E-state index contributed by atoms with van der Waals surface area (Å²) >= 11 is 0. The van der Waals surface area contributed by atoms with Gasteiger partial charge in [0.2, 0.25) is 5.91 Å². The van der Waals surface area contributed by atoms with Gasteiger partial charge in [0.25, 0.3) is 0 Å². The van der Waals surface area contributed by atoms with Crippen LogP contribution in [0.25, 0.3) is 0 Å². The average Bonchev–Trinajstić information content (AvgIpc) is 3.21. The highest BCUT2D eigenvalue weighted by molar-refractivity contribution is 8.01. The summed E-state index contributed by atoms with van der Waals surface area (Å²) in [7, 11) is 29.1. The first kappa shape index (κ1) is 24.6. The third kappa shape index (κ3) is 6.65. The van der Waals surface area contributed by atoms with Crippen LogP contribution in [-0.2, 0) is 9.53 Å². The van der Waals surface area contributed by atoms with Gasteiger partial charge in [0, 0.05) is 77.2 Å². The number of halogens is 1. The molecule has 0 bridgehead atoms. The lowest BCUT2D eigenvalue weighted by Crippen LogP contribution is -2.63. The quantitative estimate of drug-likeness (QED) is 0.517. The molecule has 0 aliphatic carbocycles. The van der Waals surface area contributed by atoms with Crippen LogP contribution in [0.3, 0.4) is 0 Å². The molecule has 0 saturated carbocycles. The molecule has 10 radical (unpaired) electrons. The molecule has 2 aliphatic rings. The fourth-order valence-corrected chi connectivity index (χ4v) is 3.97. The summed E-state index contributed by atoms with van der Waals surface area (Å²) in [6, 6.07) is -0.899. The molecule has 1 unspecified atom stereocenters. The second-order valence-electron chi connectivity index (χ2n) is 9.20. The number of alkyl halides is 1. The fourth-order valence-electron chi connectivity index (χ4n) is 3.97. The Morgan fingerprint density at radius 2 is 1.83 bits per heavy atom. The third-order valence-electron chi connectivity index (χ3n) is 5.52. The molecule has 138 valence electrons. The monoisotopic (exact) mass is 382 g/mol. The molecule has 3 atom stereocenters. The van der Waals surface area contributed by atoms with E-state index >= 15 is 0 Å². The number of hydrogen-bond donors (Lipinski definition) is 1. The number of ether oxygens (including phenoxy) is 1. The van der Waals surface area contributed by atoms with Crippen molar-refractivity contribution >= 4 is 82.8 Å². The first-order valence-corrected chi connectivity index (χ1v) is 10.0. The zero-order valence-corrected chi connectivity index (χ0v) is 17.4. The molecule has 2 amide bonds. The summed E-state index contributed by atoms with van der Waals surface area (Å²) in [5.41, 5.74) is -0.730. The van der Waals surface area contributed by atoms with Crippen molar-refractivity contribution in [2.75, 3.05) is 13.1 Å². The van der Waals surface area contributed by atoms with Gasteiger partial charge in [-0.25, -0.2) is 9.18 Å². The first-order valence-electron chi connectivity index (χ1n) is 10.0. The van der Waals surface area contributed by atoms with Crippen LogP contribution < -0.4 is 5.32 Å². The SMILES string of the molecule is [B]B([B])B([B])B(B([B])[B])B1CC1CNC(=O)[C@@H]1C[C@@H](F)CN1C(=O)OC(C)(C)C. The molecule has 0 aromatic heterocycles. The van der Waals surface area contributed by atoms with Gasteiger partial charge in [-0.2, -0.15) is 0 Å². The van der Waals surface area contributed by atoms with Crippen LogP contribution in [-0.4, -0.2) is 119 Å². The van der Waals surface area contributed by atoms with Gasteiger partial charge >= 0.3 is 6.09 Å². The maximum atomic E-state index is 13.9. The number of amides is 2. The molecule has 0 spiro atoms. The van der Waals surface area contributed by atoms with E-state index in [1.807, 2.05) is 0 Å². The summed E-state index contributed by atoms with van der Waals surface area (Å²) < 4.78 is 19.2. The van der Waals surface area contributed by atoms with Crippen LogP contribution in [0.4, 0.5) is 9.18 Å². The van der Waals surface area contributed by atoms with E-state index in [1.54, 1.807) is 20.8 Å². The zero-order chi connectivity index (χ0) is 22.1. The smallest absolute Gasteiger partial charge is 0.411 e. The topological polar surface area (TPSA) is 58.6 Å². The van der Waals surface area contributed by atoms with Crippen molar-refractivity contribution < 1.29 is 18.7 Å². The normalized spacial score (nSPS) is 23.4. The molecule has 2 fully saturated rings. The van der Waals surface area contributed by atoms with E-state index in [0.717, 1.165) is 11.2 Å². The van der Waals surface area contributed by atoms with Crippen LogP contribution in [0.5, 0.6) is 0 Å². The Labute approximate surface area is 182 Å². The summed E-state index contributed by atoms with van der Waals surface area (Å²) in [5, 5.41) is 2.81. The molecule has 0 aromatic rings. The van der Waals surface area contributed by atoms with Gasteiger partial charge in [0.05, 0.1) is 13.1 Å². The van der Waals surface area contributed by atoms with E-state index in [9.17, 15) is 14.0 Å². The highest BCUT2D eigenvalue weighted by Gasteiger charge is 2.50. The van der Waals surface area contributed by atoms with Crippen molar-refractivity contribution in [3.63, 3.8) is 0 Å². The largest absolute Gasteiger partial charge is 0.444 e. The number of nitrogens with one attached hydrogen (secondary N) is 1. The molecular formula is C13H21B10FN2O3. The Kier molecular flexibility index (Phi) is 8.17. The number of carbonyl (C=O) groups is 2. The molecule has 2 aliphatic heterocycles. The van der Waals surface area contributed by atoms with Gasteiger partial charge in [0.15, 0.2) is 0 Å². The Balaban J connectivity index is 1.91. The lowest BCUT2D eigenvalue weighted by molar-refractivity contribution is -0.125. The van der Waals surface area contributed by atoms with E-state index < -0.39 is 49.0 Å². The lowest BCUT2D eigenvalue weighted by atomic mass is 8.57. The fraction of sp³-hybridized carbons (Fsp3) is 0.846. The van der Waals surface area contributed by atoms with Crippen molar-refractivity contribution in [1.29, 1.82) is 0 Å². The first-order chi connectivity index (χ1) is 13.3. The Hall–Kier alpha value is -0.681. The minimum Gasteiger partial charge on any atom is -0.444 e. The lowest BCUT2D eigenvalue weighted by Gasteiger charge is -2.28. The zero-order valence-electron chi connectivity index (χ0n) is 17.4. The number of carbonyl (C=O) groups excluding carboxylic acids is 2. The summed E-state index contributed by atoms with van der Waals surface area (Å²) in [4.78, 5) is 26.1. The summed E-state index contributed by atoms with van der Waals surface area (Å²) in [6.07, 6.45) is -3.47. The number of nitrogens with zero attached hydrogens (tertiary/aromatic N) is 1. The van der Waals surface area contributed by atoms with E-state index in [1.165, 1.54) is 0 Å². The average molecular weight is 380 g/mol. The predicted octanol–water partition coefficient (Wildman–Crippen LogP) is -2.05. The molecular weight excluding hydrogens is 359 g/mol. The van der Waals surface area contributed by atoms with Crippen LogP contribution in [0, 0.1) is 0 Å². The Morgan fingerprint density at radius 1 is 1.21 bits per heavy atom. The third-order valence-corrected chi connectivity index (χ3v) is 5.52. The van der Waals surface area contributed by atoms with Crippen LogP contribution in [0.2, 0.25) is 12.1 Å². The van der Waals surface area contributed by atoms with E-state index in [4.69, 9.17) is 43.4 Å². The van der Waals surface area contributed by atoms with Gasteiger partial charge in [-0.3, -0.25) is 9.69 Å². The minimum absolute atomic E-state index is 0.0532. The minimum atomic E-state index is -1.27. The van der Waals surface area contributed by atoms with Crippen molar-refractivity contribution in [3.05, 3.63) is 0 Å². The van der Waals surface area contributed by atoms with E-state index in [0.29, 0.717) is 6.54 Å². The van der Waals surface area contributed by atoms with Gasteiger partial charge in [-0.1, -0.05) is 12.1 Å². The molecule has 29 heavy (non-hydrogen) atoms. The maximum Gasteiger partial charge on any atom is 0.411 e. The van der Waals surface area contributed by atoms with Gasteiger partial charge in [-0.15, -0.1) is 0 Å². The second-order valence-corrected chi connectivity index (χ2v) is 9.20. The molecule has 5 nitrogen and oxygen atoms in total. The highest BCUT2D eigenvalue weighted by Crippen LogP contribution is 2.38. The van der Waals surface area contributed by atoms with Crippen molar-refractivity contribution in [2.24, 2.45) is 0 Å². The second kappa shape index (κ2) is 9.63. The highest BCUT2D eigenvalue weighted by atomic mass is 19.1. The number of likely N-dealkylation sites (tertiary alicyclic amines) is 1. The van der Waals surface area contributed by atoms with Crippen molar-refractivity contribution in [2.45, 2.75) is 57.1 Å². The van der Waals surface area contributed by atoms with Crippen LogP contribution in [0.15, 0.2) is 0 Å². The van der Waals surface area contributed by atoms with Crippen LogP contribution >= 0.6 is 0 Å². The van der Waals surface area contributed by atoms with E-state index in [2.05, 4.69) is 5.32 Å². The molecule has 0 aromatic carbocycles. The van der Waals surface area contributed by atoms with Gasteiger partial charge in [-0.05, 0) is 20.8 Å². The van der Waals surface area contributed by atoms with Gasteiger partial charge < -0.3 is 10.1 Å². The Bertz CT molecular complexity index is 610. The molecule has 2 saturated heterocycles. The van der Waals surface area contributed by atoms with Crippen LogP contribution in [0.1, 0.15) is 27.2 Å². The van der Waals surface area contributed by atoms with Gasteiger partial charge in [0.1, 0.15) is 17.8 Å². The number of rotatable bonds is 7. The molecule has 2 heterocycles.